The van der Waals surface area contributed by atoms with Gasteiger partial charge in [-0.2, -0.15) is 5.10 Å². The Labute approximate surface area is 109 Å². The zero-order valence-corrected chi connectivity index (χ0v) is 11.0. The van der Waals surface area contributed by atoms with E-state index >= 15 is 0 Å². The quantitative estimate of drug-likeness (QED) is 0.658. The Kier molecular flexibility index (Phi) is 4.03. The fourth-order valence-electron chi connectivity index (χ4n) is 1.59. The third kappa shape index (κ3) is 3.49. The third-order valence-corrected chi connectivity index (χ3v) is 2.95. The second-order valence-corrected chi connectivity index (χ2v) is 4.70. The second-order valence-electron chi connectivity index (χ2n) is 3.78. The molecule has 0 fully saturated rings. The molecule has 0 bridgehead atoms. The van der Waals surface area contributed by atoms with Crippen molar-refractivity contribution in [2.24, 2.45) is 0 Å². The molecule has 4 nitrogen and oxygen atoms in total. The Bertz CT molecular complexity index is 467. The van der Waals surface area contributed by atoms with Crippen LogP contribution in [0.1, 0.15) is 6.42 Å². The number of rotatable bonds is 5. The number of aromatic nitrogens is 2. The van der Waals surface area contributed by atoms with E-state index in [1.807, 2.05) is 35.1 Å². The van der Waals surface area contributed by atoms with Gasteiger partial charge in [-0.25, -0.2) is 0 Å². The minimum atomic E-state index is 0.762. The predicted molar refractivity (Wildman–Crippen MR) is 73.9 cm³/mol. The first kappa shape index (κ1) is 12.0. The Morgan fingerprint density at radius 2 is 2.29 bits per heavy atom. The first-order chi connectivity index (χ1) is 8.25. The van der Waals surface area contributed by atoms with E-state index < -0.39 is 0 Å². The number of anilines is 2. The molecule has 2 rings (SSSR count). The smallest absolute Gasteiger partial charge is 0.0574 e. The molecule has 0 saturated carbocycles. The Morgan fingerprint density at radius 1 is 1.41 bits per heavy atom. The van der Waals surface area contributed by atoms with Gasteiger partial charge in [0.2, 0.25) is 0 Å². The topological polar surface area (TPSA) is 55.9 Å². The number of nitrogens with one attached hydrogen (secondary N) is 1. The largest absolute Gasteiger partial charge is 0.397 e. The molecule has 1 heterocycles. The normalized spacial score (nSPS) is 10.4. The van der Waals surface area contributed by atoms with Crippen LogP contribution >= 0.6 is 15.9 Å². The molecule has 0 atom stereocenters. The fourth-order valence-corrected chi connectivity index (χ4v) is 1.97. The monoisotopic (exact) mass is 294 g/mol. The van der Waals surface area contributed by atoms with Crippen LogP contribution in [0, 0.1) is 0 Å². The molecule has 0 spiro atoms. The van der Waals surface area contributed by atoms with Crippen LogP contribution in [-0.4, -0.2) is 16.3 Å². The Hall–Kier alpha value is -1.49. The van der Waals surface area contributed by atoms with Crippen LogP contribution in [0.2, 0.25) is 0 Å². The SMILES string of the molecule is Nc1cc(Br)ccc1NCCCn1cccn1. The van der Waals surface area contributed by atoms with Crippen molar-refractivity contribution in [3.05, 3.63) is 41.1 Å². The van der Waals surface area contributed by atoms with E-state index in [-0.39, 0.29) is 0 Å². The molecule has 0 aliphatic carbocycles. The van der Waals surface area contributed by atoms with E-state index in [9.17, 15) is 0 Å². The summed E-state index contributed by atoms with van der Waals surface area (Å²) in [5, 5.41) is 7.46. The highest BCUT2D eigenvalue weighted by atomic mass is 79.9. The fraction of sp³-hybridized carbons (Fsp3) is 0.250. The van der Waals surface area contributed by atoms with Crippen molar-refractivity contribution in [2.45, 2.75) is 13.0 Å². The van der Waals surface area contributed by atoms with Crippen LogP contribution < -0.4 is 11.1 Å². The van der Waals surface area contributed by atoms with Crippen LogP contribution in [0.5, 0.6) is 0 Å². The summed E-state index contributed by atoms with van der Waals surface area (Å²) in [5.74, 6) is 0. The molecule has 2 aromatic rings. The minimum absolute atomic E-state index is 0.762. The van der Waals surface area contributed by atoms with Crippen molar-refractivity contribution in [2.75, 3.05) is 17.6 Å². The highest BCUT2D eigenvalue weighted by Crippen LogP contribution is 2.22. The Morgan fingerprint density at radius 3 is 3.00 bits per heavy atom. The zero-order valence-electron chi connectivity index (χ0n) is 9.44. The molecule has 0 unspecified atom stereocenters. The van der Waals surface area contributed by atoms with E-state index in [4.69, 9.17) is 5.73 Å². The average molecular weight is 295 g/mol. The number of nitrogens with two attached hydrogens (primary N) is 1. The first-order valence-corrected chi connectivity index (χ1v) is 6.31. The molecule has 1 aromatic carbocycles. The Balaban J connectivity index is 1.78. The summed E-state index contributed by atoms with van der Waals surface area (Å²) in [7, 11) is 0. The molecular weight excluding hydrogens is 280 g/mol. The van der Waals surface area contributed by atoms with Gasteiger partial charge in [-0.1, -0.05) is 15.9 Å². The molecule has 3 N–H and O–H groups in total. The lowest BCUT2D eigenvalue weighted by Gasteiger charge is -2.09. The van der Waals surface area contributed by atoms with Gasteiger partial charge >= 0.3 is 0 Å². The summed E-state index contributed by atoms with van der Waals surface area (Å²) in [6.45, 7) is 1.79. The number of benzene rings is 1. The van der Waals surface area contributed by atoms with Crippen molar-refractivity contribution < 1.29 is 0 Å². The van der Waals surface area contributed by atoms with Gasteiger partial charge in [0.05, 0.1) is 11.4 Å². The van der Waals surface area contributed by atoms with Gasteiger partial charge in [0.25, 0.3) is 0 Å². The molecule has 0 radical (unpaired) electrons. The summed E-state index contributed by atoms with van der Waals surface area (Å²) in [5.41, 5.74) is 7.63. The number of nitrogen functional groups attached to an aromatic ring is 1. The zero-order chi connectivity index (χ0) is 12.1. The number of nitrogens with zero attached hydrogens (tertiary/aromatic N) is 2. The number of aryl methyl sites for hydroxylation is 1. The summed E-state index contributed by atoms with van der Waals surface area (Å²) in [6, 6.07) is 7.79. The lowest BCUT2D eigenvalue weighted by molar-refractivity contribution is 0.592. The van der Waals surface area contributed by atoms with E-state index in [1.165, 1.54) is 0 Å². The molecule has 0 saturated heterocycles. The lowest BCUT2D eigenvalue weighted by Crippen LogP contribution is -2.08. The second kappa shape index (κ2) is 5.72. The minimum Gasteiger partial charge on any atom is -0.397 e. The number of halogens is 1. The van der Waals surface area contributed by atoms with E-state index in [0.717, 1.165) is 35.4 Å². The summed E-state index contributed by atoms with van der Waals surface area (Å²) >= 11 is 3.38. The first-order valence-electron chi connectivity index (χ1n) is 5.52. The van der Waals surface area contributed by atoms with Crippen molar-refractivity contribution in [3.63, 3.8) is 0 Å². The van der Waals surface area contributed by atoms with Gasteiger partial charge in [-0.05, 0) is 30.7 Å². The van der Waals surface area contributed by atoms with Crippen molar-refractivity contribution >= 4 is 27.3 Å². The van der Waals surface area contributed by atoms with Gasteiger partial charge in [-0.3, -0.25) is 4.68 Å². The number of hydrogen-bond donors (Lipinski definition) is 2. The third-order valence-electron chi connectivity index (χ3n) is 2.45. The highest BCUT2D eigenvalue weighted by Gasteiger charge is 1.98. The molecular formula is C12H15BrN4. The predicted octanol–water partition coefficient (Wildman–Crippen LogP) is 2.73. The molecule has 1 aromatic heterocycles. The number of hydrogen-bond acceptors (Lipinski definition) is 3. The van der Waals surface area contributed by atoms with Crippen molar-refractivity contribution in [1.82, 2.24) is 9.78 Å². The average Bonchev–Trinajstić information content (AvgIpc) is 2.79. The van der Waals surface area contributed by atoms with Crippen LogP contribution in [0.25, 0.3) is 0 Å². The van der Waals surface area contributed by atoms with Gasteiger partial charge in [0.1, 0.15) is 0 Å². The molecule has 0 aliphatic heterocycles. The van der Waals surface area contributed by atoms with E-state index in [1.54, 1.807) is 6.20 Å². The van der Waals surface area contributed by atoms with E-state index in [2.05, 4.69) is 26.3 Å². The molecule has 5 heteroatoms. The van der Waals surface area contributed by atoms with Crippen LogP contribution in [-0.2, 0) is 6.54 Å². The van der Waals surface area contributed by atoms with Gasteiger partial charge in [0.15, 0.2) is 0 Å². The van der Waals surface area contributed by atoms with Gasteiger partial charge in [0, 0.05) is 30.0 Å². The van der Waals surface area contributed by atoms with Crippen LogP contribution in [0.4, 0.5) is 11.4 Å². The molecule has 17 heavy (non-hydrogen) atoms. The van der Waals surface area contributed by atoms with Crippen LogP contribution in [0.15, 0.2) is 41.1 Å². The van der Waals surface area contributed by atoms with Crippen LogP contribution in [0.3, 0.4) is 0 Å². The highest BCUT2D eigenvalue weighted by molar-refractivity contribution is 9.10. The van der Waals surface area contributed by atoms with Gasteiger partial charge < -0.3 is 11.1 Å². The standard InChI is InChI=1S/C12H15BrN4/c13-10-3-4-12(11(14)9-10)15-5-1-7-17-8-2-6-16-17/h2-4,6,8-9,15H,1,5,7,14H2. The maximum absolute atomic E-state index is 5.89. The summed E-state index contributed by atoms with van der Waals surface area (Å²) in [6.07, 6.45) is 4.77. The molecule has 0 amide bonds. The summed E-state index contributed by atoms with van der Waals surface area (Å²) in [4.78, 5) is 0. The molecule has 0 aliphatic rings. The van der Waals surface area contributed by atoms with Crippen molar-refractivity contribution in [3.8, 4) is 0 Å². The van der Waals surface area contributed by atoms with Gasteiger partial charge in [-0.15, -0.1) is 0 Å². The van der Waals surface area contributed by atoms with E-state index in [0.29, 0.717) is 0 Å². The summed E-state index contributed by atoms with van der Waals surface area (Å²) < 4.78 is 2.92. The maximum atomic E-state index is 5.89. The lowest BCUT2D eigenvalue weighted by atomic mass is 10.2. The maximum Gasteiger partial charge on any atom is 0.0574 e. The van der Waals surface area contributed by atoms with Crippen molar-refractivity contribution in [1.29, 1.82) is 0 Å². The molecule has 90 valence electrons.